The number of aromatic nitrogens is 1. The van der Waals surface area contributed by atoms with Gasteiger partial charge < -0.3 is 4.74 Å². The van der Waals surface area contributed by atoms with E-state index in [2.05, 4.69) is 0 Å². The van der Waals surface area contributed by atoms with Crippen LogP contribution in [0.25, 0.3) is 11.6 Å². The molecule has 0 saturated heterocycles. The lowest BCUT2D eigenvalue weighted by Crippen LogP contribution is -2.33. The number of ether oxygens (including phenoxy) is 1. The summed E-state index contributed by atoms with van der Waals surface area (Å²) in [5.74, 6) is 0. The standard InChI is InChI=1S/C16H12ClN3O2S/c1-22-6-5-20-15(21)14(23-16(20)12(9-18)10-19)8-11-3-2-4-13(17)7-11/h2-4,7-8H,5-6H2,1H3/b14-8+. The first kappa shape index (κ1) is 17.0. The van der Waals surface area contributed by atoms with Crippen molar-refractivity contribution in [1.82, 2.24) is 4.57 Å². The fourth-order valence-electron chi connectivity index (χ4n) is 1.96. The Hall–Kier alpha value is -2.38. The molecule has 5 nitrogen and oxygen atoms in total. The maximum Gasteiger partial charge on any atom is 0.269 e. The highest BCUT2D eigenvalue weighted by Gasteiger charge is 2.09. The van der Waals surface area contributed by atoms with Gasteiger partial charge in [0.2, 0.25) is 0 Å². The average molecular weight is 346 g/mol. The topological polar surface area (TPSA) is 78.8 Å². The van der Waals surface area contributed by atoms with E-state index in [-0.39, 0.29) is 17.7 Å². The molecule has 1 aromatic carbocycles. The van der Waals surface area contributed by atoms with E-state index in [1.54, 1.807) is 24.3 Å². The summed E-state index contributed by atoms with van der Waals surface area (Å²) >= 11 is 7.05. The first-order valence-corrected chi connectivity index (χ1v) is 7.80. The van der Waals surface area contributed by atoms with Gasteiger partial charge in [-0.3, -0.25) is 9.36 Å². The molecule has 0 spiro atoms. The predicted molar refractivity (Wildman–Crippen MR) is 89.4 cm³/mol. The van der Waals surface area contributed by atoms with Gasteiger partial charge >= 0.3 is 0 Å². The van der Waals surface area contributed by atoms with Gasteiger partial charge in [0.25, 0.3) is 5.56 Å². The zero-order chi connectivity index (χ0) is 16.8. The van der Waals surface area contributed by atoms with Crippen LogP contribution in [0.3, 0.4) is 0 Å². The van der Waals surface area contributed by atoms with Crippen LogP contribution in [0.4, 0.5) is 0 Å². The van der Waals surface area contributed by atoms with Gasteiger partial charge in [-0.05, 0) is 23.8 Å². The fraction of sp³-hybridized carbons (Fsp3) is 0.188. The molecule has 2 rings (SSSR count). The predicted octanol–water partition coefficient (Wildman–Crippen LogP) is 1.24. The summed E-state index contributed by atoms with van der Waals surface area (Å²) in [6.07, 6.45) is 1.69. The molecule has 116 valence electrons. The molecule has 0 saturated carbocycles. The van der Waals surface area contributed by atoms with Crippen molar-refractivity contribution in [3.05, 3.63) is 54.4 Å². The molecule has 0 radical (unpaired) electrons. The molecule has 0 aliphatic carbocycles. The highest BCUT2D eigenvalue weighted by atomic mass is 35.5. The zero-order valence-electron chi connectivity index (χ0n) is 12.2. The fourth-order valence-corrected chi connectivity index (χ4v) is 3.24. The zero-order valence-corrected chi connectivity index (χ0v) is 13.8. The summed E-state index contributed by atoms with van der Waals surface area (Å²) in [4.78, 5) is 12.5. The van der Waals surface area contributed by atoms with Crippen molar-refractivity contribution >= 4 is 34.6 Å². The normalized spacial score (nSPS) is 11.0. The first-order valence-electron chi connectivity index (χ1n) is 6.61. The second kappa shape index (κ2) is 7.75. The van der Waals surface area contributed by atoms with Gasteiger partial charge in [0, 0.05) is 12.1 Å². The summed E-state index contributed by atoms with van der Waals surface area (Å²) in [5, 5.41) is 18.7. The Morgan fingerprint density at radius 3 is 2.78 bits per heavy atom. The van der Waals surface area contributed by atoms with E-state index in [1.807, 2.05) is 18.2 Å². The lowest BCUT2D eigenvalue weighted by Gasteiger charge is -1.99. The first-order chi connectivity index (χ1) is 11.1. The molecule has 0 fully saturated rings. The monoisotopic (exact) mass is 345 g/mol. The van der Waals surface area contributed by atoms with Crippen LogP contribution in [0.1, 0.15) is 5.56 Å². The van der Waals surface area contributed by atoms with Crippen molar-refractivity contribution in [2.75, 3.05) is 13.7 Å². The van der Waals surface area contributed by atoms with Crippen LogP contribution in [-0.2, 0) is 11.3 Å². The summed E-state index contributed by atoms with van der Waals surface area (Å²) < 4.78 is 7.15. The van der Waals surface area contributed by atoms with E-state index in [1.165, 1.54) is 11.7 Å². The Bertz CT molecular complexity index is 960. The summed E-state index contributed by atoms with van der Waals surface area (Å²) in [6.45, 7) is 0.585. The Morgan fingerprint density at radius 2 is 2.17 bits per heavy atom. The van der Waals surface area contributed by atoms with Gasteiger partial charge in [-0.25, -0.2) is 0 Å². The summed E-state index contributed by atoms with van der Waals surface area (Å²) in [7, 11) is 1.52. The van der Waals surface area contributed by atoms with E-state index in [4.69, 9.17) is 26.9 Å². The van der Waals surface area contributed by atoms with Crippen LogP contribution in [0.5, 0.6) is 0 Å². The van der Waals surface area contributed by atoms with Gasteiger partial charge in [-0.15, -0.1) is 11.3 Å². The van der Waals surface area contributed by atoms with E-state index in [9.17, 15) is 4.79 Å². The number of hydrogen-bond donors (Lipinski definition) is 0. The molecule has 0 amide bonds. The minimum atomic E-state index is -0.259. The van der Waals surface area contributed by atoms with Crippen LogP contribution in [0.15, 0.2) is 29.1 Å². The minimum Gasteiger partial charge on any atom is -0.383 e. The highest BCUT2D eigenvalue weighted by molar-refractivity contribution is 7.07. The van der Waals surface area contributed by atoms with Crippen LogP contribution in [0.2, 0.25) is 5.02 Å². The third kappa shape index (κ3) is 3.88. The molecule has 0 atom stereocenters. The highest BCUT2D eigenvalue weighted by Crippen LogP contribution is 2.10. The van der Waals surface area contributed by atoms with Crippen molar-refractivity contribution in [3.8, 4) is 12.1 Å². The number of thiazole rings is 1. The van der Waals surface area contributed by atoms with Crippen molar-refractivity contribution in [1.29, 1.82) is 10.5 Å². The number of hydrogen-bond acceptors (Lipinski definition) is 5. The van der Waals surface area contributed by atoms with Gasteiger partial charge in [0.1, 0.15) is 16.8 Å². The molecule has 0 bridgehead atoms. The second-order valence-corrected chi connectivity index (χ2v) is 5.99. The van der Waals surface area contributed by atoms with Gasteiger partial charge in [0.15, 0.2) is 5.57 Å². The lowest BCUT2D eigenvalue weighted by molar-refractivity contribution is 0.186. The van der Waals surface area contributed by atoms with E-state index < -0.39 is 0 Å². The van der Waals surface area contributed by atoms with E-state index in [0.717, 1.165) is 16.9 Å². The number of methoxy groups -OCH3 is 1. The third-order valence-electron chi connectivity index (χ3n) is 3.01. The van der Waals surface area contributed by atoms with E-state index in [0.29, 0.717) is 20.8 Å². The van der Waals surface area contributed by atoms with Crippen LogP contribution >= 0.6 is 22.9 Å². The number of nitrogens with zero attached hydrogens (tertiary/aromatic N) is 3. The lowest BCUT2D eigenvalue weighted by atomic mass is 10.2. The van der Waals surface area contributed by atoms with Crippen molar-refractivity contribution in [2.45, 2.75) is 6.54 Å². The quantitative estimate of drug-likeness (QED) is 0.835. The van der Waals surface area contributed by atoms with Gasteiger partial charge in [0.05, 0.1) is 17.7 Å². The van der Waals surface area contributed by atoms with Crippen molar-refractivity contribution < 1.29 is 4.74 Å². The molecule has 7 heteroatoms. The average Bonchev–Trinajstić information content (AvgIpc) is 2.83. The molecule has 0 N–H and O–H groups in total. The number of benzene rings is 1. The van der Waals surface area contributed by atoms with Crippen LogP contribution in [0, 0.1) is 22.7 Å². The molecule has 0 aliphatic rings. The second-order valence-electron chi connectivity index (χ2n) is 4.52. The molecular weight excluding hydrogens is 334 g/mol. The Kier molecular flexibility index (Phi) is 5.72. The van der Waals surface area contributed by atoms with Gasteiger partial charge in [-0.2, -0.15) is 10.5 Å². The smallest absolute Gasteiger partial charge is 0.269 e. The molecule has 2 aromatic rings. The van der Waals surface area contributed by atoms with E-state index >= 15 is 0 Å². The SMILES string of the molecule is COCCn1c(=C(C#N)C#N)s/c(=C/c2cccc(Cl)c2)c1=O. The number of rotatable bonds is 4. The van der Waals surface area contributed by atoms with Gasteiger partial charge in [-0.1, -0.05) is 23.7 Å². The largest absolute Gasteiger partial charge is 0.383 e. The molecule has 1 aromatic heterocycles. The number of halogens is 1. The van der Waals surface area contributed by atoms with Crippen LogP contribution in [-0.4, -0.2) is 18.3 Å². The Balaban J connectivity index is 2.74. The molecule has 23 heavy (non-hydrogen) atoms. The minimum absolute atomic E-state index is 0.0889. The third-order valence-corrected chi connectivity index (χ3v) is 4.38. The molecule has 0 unspecified atom stereocenters. The van der Waals surface area contributed by atoms with Crippen LogP contribution < -0.4 is 14.8 Å². The maximum atomic E-state index is 12.5. The summed E-state index contributed by atoms with van der Waals surface area (Å²) in [5.41, 5.74) is 0.427. The molecule has 1 heterocycles. The molecular formula is C16H12ClN3O2S. The van der Waals surface area contributed by atoms with Crippen molar-refractivity contribution in [2.24, 2.45) is 0 Å². The molecule has 0 aliphatic heterocycles. The van der Waals surface area contributed by atoms with Crippen molar-refractivity contribution in [3.63, 3.8) is 0 Å². The Morgan fingerprint density at radius 1 is 1.43 bits per heavy atom. The number of nitriles is 2. The maximum absolute atomic E-state index is 12.5. The summed E-state index contributed by atoms with van der Waals surface area (Å²) in [6, 6.07) is 10.7. The Labute approximate surface area is 141 Å².